The van der Waals surface area contributed by atoms with Gasteiger partial charge in [-0.05, 0) is 48.9 Å². The number of hydrogen-bond acceptors (Lipinski definition) is 5. The Bertz CT molecular complexity index is 1350. The highest BCUT2D eigenvalue weighted by molar-refractivity contribution is 6.30. The van der Waals surface area contributed by atoms with Gasteiger partial charge >= 0.3 is 18.0 Å². The Labute approximate surface area is 216 Å². The number of aliphatic hydroxyl groups is 1. The highest BCUT2D eigenvalue weighted by atomic mass is 35.5. The van der Waals surface area contributed by atoms with Crippen LogP contribution in [0.3, 0.4) is 0 Å². The summed E-state index contributed by atoms with van der Waals surface area (Å²) in [5.41, 5.74) is 2.92. The molecule has 0 saturated carbocycles. The van der Waals surface area contributed by atoms with Crippen LogP contribution in [-0.2, 0) is 29.6 Å². The summed E-state index contributed by atoms with van der Waals surface area (Å²) in [4.78, 5) is 25.4. The first-order valence-corrected chi connectivity index (χ1v) is 11.3. The number of nitrogens with two attached hydrogens (primary N) is 1. The first-order valence-electron chi connectivity index (χ1n) is 10.9. The molecule has 38 heavy (non-hydrogen) atoms. The second-order valence-electron chi connectivity index (χ2n) is 8.71. The van der Waals surface area contributed by atoms with Crippen LogP contribution in [0.1, 0.15) is 18.1 Å². The van der Waals surface area contributed by atoms with Crippen molar-refractivity contribution in [1.29, 1.82) is 0 Å². The summed E-state index contributed by atoms with van der Waals surface area (Å²) in [7, 11) is 0. The van der Waals surface area contributed by atoms with Crippen LogP contribution >= 0.6 is 11.6 Å². The van der Waals surface area contributed by atoms with Gasteiger partial charge in [-0.25, -0.2) is 9.48 Å². The minimum Gasteiger partial charge on any atom is -0.382 e. The number of aromatic nitrogens is 3. The van der Waals surface area contributed by atoms with E-state index in [1.54, 1.807) is 0 Å². The molecule has 0 saturated heterocycles. The van der Waals surface area contributed by atoms with Crippen molar-refractivity contribution in [3.8, 4) is 11.4 Å². The summed E-state index contributed by atoms with van der Waals surface area (Å²) >= 11 is 5.83. The van der Waals surface area contributed by atoms with Gasteiger partial charge in [0.15, 0.2) is 11.9 Å². The zero-order valence-electron chi connectivity index (χ0n) is 19.6. The zero-order chi connectivity index (χ0) is 28.5. The molecule has 1 amide bonds. The lowest BCUT2D eigenvalue weighted by Crippen LogP contribution is -2.46. The van der Waals surface area contributed by atoms with Gasteiger partial charge < -0.3 is 16.2 Å². The summed E-state index contributed by atoms with van der Waals surface area (Å²) in [6.45, 7) is -0.869. The smallest absolute Gasteiger partial charge is 0.382 e. The number of nitrogens with zero attached hydrogens (tertiary/aromatic N) is 3. The monoisotopic (exact) mass is 565 g/mol. The number of alkyl halides is 6. The molecule has 206 valence electrons. The normalized spacial score (nSPS) is 14.7. The summed E-state index contributed by atoms with van der Waals surface area (Å²) in [5.74, 6) is -1.09. The van der Waals surface area contributed by atoms with Crippen LogP contribution < -0.4 is 16.7 Å². The maximum atomic E-state index is 13.0. The SMILES string of the molecule is CC(N)(CNC(=O)Cn1nc(-c2ccc(Cl)cc2)n(CC(O)C(F)(F)F)c1=O)c1cccc(C(F)(F)F)c1. The van der Waals surface area contributed by atoms with E-state index >= 15 is 0 Å². The zero-order valence-corrected chi connectivity index (χ0v) is 20.4. The highest BCUT2D eigenvalue weighted by Crippen LogP contribution is 2.31. The maximum Gasteiger partial charge on any atom is 0.416 e. The molecule has 0 aliphatic heterocycles. The number of carbonyl (C=O) groups is 1. The van der Waals surface area contributed by atoms with E-state index in [9.17, 15) is 41.0 Å². The second kappa shape index (κ2) is 10.8. The molecule has 2 aromatic carbocycles. The molecule has 1 aromatic heterocycles. The molecule has 0 radical (unpaired) electrons. The quantitative estimate of drug-likeness (QED) is 0.363. The Morgan fingerprint density at radius 3 is 2.29 bits per heavy atom. The molecule has 3 aromatic rings. The van der Waals surface area contributed by atoms with Gasteiger partial charge in [-0.1, -0.05) is 23.7 Å². The summed E-state index contributed by atoms with van der Waals surface area (Å²) in [5, 5.41) is 16.2. The van der Waals surface area contributed by atoms with Crippen molar-refractivity contribution in [3.05, 3.63) is 75.2 Å². The number of hydrogen-bond donors (Lipinski definition) is 3. The van der Waals surface area contributed by atoms with E-state index in [1.165, 1.54) is 43.3 Å². The minimum absolute atomic E-state index is 0.0835. The largest absolute Gasteiger partial charge is 0.416 e. The van der Waals surface area contributed by atoms with Crippen LogP contribution in [0, 0.1) is 0 Å². The van der Waals surface area contributed by atoms with Gasteiger partial charge in [0.1, 0.15) is 6.54 Å². The van der Waals surface area contributed by atoms with E-state index in [2.05, 4.69) is 10.4 Å². The number of carbonyl (C=O) groups excluding carboxylic acids is 1. The van der Waals surface area contributed by atoms with Crippen molar-refractivity contribution in [2.75, 3.05) is 6.54 Å². The summed E-state index contributed by atoms with van der Waals surface area (Å²) in [6, 6.07) is 9.85. The third-order valence-electron chi connectivity index (χ3n) is 5.55. The fraction of sp³-hybridized carbons (Fsp3) is 0.348. The van der Waals surface area contributed by atoms with Gasteiger partial charge in [-0.3, -0.25) is 9.36 Å². The van der Waals surface area contributed by atoms with E-state index in [-0.39, 0.29) is 23.5 Å². The Hall–Kier alpha value is -3.36. The number of benzene rings is 2. The highest BCUT2D eigenvalue weighted by Gasteiger charge is 2.39. The Balaban J connectivity index is 1.82. The fourth-order valence-electron chi connectivity index (χ4n) is 3.42. The number of rotatable bonds is 8. The molecule has 1 heterocycles. The Morgan fingerprint density at radius 2 is 1.71 bits per heavy atom. The van der Waals surface area contributed by atoms with Crippen LogP contribution in [0.25, 0.3) is 11.4 Å². The molecule has 0 aliphatic carbocycles. The summed E-state index contributed by atoms with van der Waals surface area (Å²) < 4.78 is 79.2. The lowest BCUT2D eigenvalue weighted by atomic mass is 9.91. The van der Waals surface area contributed by atoms with Crippen molar-refractivity contribution < 1.29 is 36.2 Å². The first kappa shape index (κ1) is 29.2. The molecule has 0 aliphatic rings. The van der Waals surface area contributed by atoms with Gasteiger partial charge in [0.2, 0.25) is 5.91 Å². The third-order valence-corrected chi connectivity index (χ3v) is 5.81. The van der Waals surface area contributed by atoms with E-state index in [1.807, 2.05) is 0 Å². The van der Waals surface area contributed by atoms with Crippen LogP contribution in [-0.4, -0.2) is 44.2 Å². The topological polar surface area (TPSA) is 115 Å². The number of nitrogens with one attached hydrogen (secondary N) is 1. The van der Waals surface area contributed by atoms with Crippen molar-refractivity contribution >= 4 is 17.5 Å². The molecule has 0 spiro atoms. The van der Waals surface area contributed by atoms with Gasteiger partial charge in [0.05, 0.1) is 17.6 Å². The van der Waals surface area contributed by atoms with Gasteiger partial charge in [-0.2, -0.15) is 26.3 Å². The summed E-state index contributed by atoms with van der Waals surface area (Å²) in [6.07, 6.45) is -12.5. The second-order valence-corrected chi connectivity index (χ2v) is 9.15. The average Bonchev–Trinajstić information content (AvgIpc) is 3.12. The Kier molecular flexibility index (Phi) is 8.29. The van der Waals surface area contributed by atoms with Gasteiger partial charge in [0, 0.05) is 17.1 Å². The standard InChI is InChI=1S/C23H22ClF6N5O3/c1-21(31,14-3-2-4-15(9-14)22(25,26)27)12-32-18(37)11-35-20(38)34(10-17(36)23(28,29)30)19(33-35)13-5-7-16(24)8-6-13/h2-9,17,36H,10-12,31H2,1H3,(H,32,37). The first-order chi connectivity index (χ1) is 17.5. The molecule has 4 N–H and O–H groups in total. The van der Waals surface area contributed by atoms with Crippen LogP contribution in [0.5, 0.6) is 0 Å². The Morgan fingerprint density at radius 1 is 1.11 bits per heavy atom. The average molecular weight is 566 g/mol. The molecule has 2 atom stereocenters. The predicted octanol–water partition coefficient (Wildman–Crippen LogP) is 3.30. The van der Waals surface area contributed by atoms with Crippen LogP contribution in [0.15, 0.2) is 53.3 Å². The fourth-order valence-corrected chi connectivity index (χ4v) is 3.55. The molecule has 0 fully saturated rings. The molecule has 0 bridgehead atoms. The number of halogens is 7. The van der Waals surface area contributed by atoms with Crippen molar-refractivity contribution in [2.45, 2.75) is 44.0 Å². The minimum atomic E-state index is -5.02. The van der Waals surface area contributed by atoms with Gasteiger partial charge in [0.25, 0.3) is 0 Å². The molecular weight excluding hydrogens is 544 g/mol. The third kappa shape index (κ3) is 6.94. The number of amides is 1. The van der Waals surface area contributed by atoms with E-state index in [0.717, 1.165) is 12.1 Å². The van der Waals surface area contributed by atoms with Crippen molar-refractivity contribution in [3.63, 3.8) is 0 Å². The van der Waals surface area contributed by atoms with Crippen LogP contribution in [0.4, 0.5) is 26.3 Å². The molecule has 3 rings (SSSR count). The van der Waals surface area contributed by atoms with E-state index in [4.69, 9.17) is 17.3 Å². The number of aliphatic hydroxyl groups excluding tert-OH is 1. The van der Waals surface area contributed by atoms with Crippen LogP contribution in [0.2, 0.25) is 5.02 Å². The van der Waals surface area contributed by atoms with Gasteiger partial charge in [-0.15, -0.1) is 5.10 Å². The lowest BCUT2D eigenvalue weighted by Gasteiger charge is -2.26. The molecule has 15 heteroatoms. The van der Waals surface area contributed by atoms with E-state index in [0.29, 0.717) is 14.3 Å². The van der Waals surface area contributed by atoms with Crippen molar-refractivity contribution in [2.24, 2.45) is 5.73 Å². The maximum absolute atomic E-state index is 13.0. The van der Waals surface area contributed by atoms with E-state index < -0.39 is 54.2 Å². The molecule has 8 nitrogen and oxygen atoms in total. The molecular formula is C23H22ClF6N5O3. The lowest BCUT2D eigenvalue weighted by molar-refractivity contribution is -0.207. The molecule has 2 unspecified atom stereocenters. The van der Waals surface area contributed by atoms with Crippen molar-refractivity contribution in [1.82, 2.24) is 19.7 Å². The predicted molar refractivity (Wildman–Crippen MR) is 125 cm³/mol.